The van der Waals surface area contributed by atoms with Gasteiger partial charge in [-0.1, -0.05) is 6.07 Å². The highest BCUT2D eigenvalue weighted by molar-refractivity contribution is 6.03. The number of esters is 1. The minimum absolute atomic E-state index is 0.0216. The molecule has 0 saturated carbocycles. The number of methoxy groups -OCH3 is 1. The first-order valence-corrected chi connectivity index (χ1v) is 8.76. The molecule has 0 bridgehead atoms. The van der Waals surface area contributed by atoms with Gasteiger partial charge in [-0.3, -0.25) is 4.79 Å². The smallest absolute Gasteiger partial charge is 0.336 e. The van der Waals surface area contributed by atoms with Gasteiger partial charge in [-0.05, 0) is 44.4 Å². The standard InChI is InChI=1S/C20H23NO5/c1-4-26-20(24)17-11(2)21-13-6-5-7-14(22)19(13)18(17)12-8-9-16(25-3)15(23)10-12/h8-10,18,21,23H,4-7H2,1-3H3/t18-/m1/s1. The van der Waals surface area contributed by atoms with Crippen LogP contribution in [-0.4, -0.2) is 30.6 Å². The molecular weight excluding hydrogens is 334 g/mol. The van der Waals surface area contributed by atoms with Crippen molar-refractivity contribution >= 4 is 11.8 Å². The number of Topliss-reactive ketones (excluding diaryl/α,β-unsaturated/α-hetero) is 1. The largest absolute Gasteiger partial charge is 0.504 e. The lowest BCUT2D eigenvalue weighted by Gasteiger charge is -2.34. The van der Waals surface area contributed by atoms with E-state index in [4.69, 9.17) is 9.47 Å². The Morgan fingerprint density at radius 3 is 2.77 bits per heavy atom. The molecule has 1 atom stereocenters. The van der Waals surface area contributed by atoms with Gasteiger partial charge in [-0.2, -0.15) is 0 Å². The number of nitrogens with one attached hydrogen (secondary N) is 1. The lowest BCUT2D eigenvalue weighted by atomic mass is 9.75. The molecule has 1 aliphatic heterocycles. The van der Waals surface area contributed by atoms with Gasteiger partial charge < -0.3 is 19.9 Å². The van der Waals surface area contributed by atoms with Gasteiger partial charge in [0.25, 0.3) is 0 Å². The zero-order valence-electron chi connectivity index (χ0n) is 15.2. The van der Waals surface area contributed by atoms with Crippen LogP contribution in [0.1, 0.15) is 44.6 Å². The van der Waals surface area contributed by atoms with E-state index in [1.54, 1.807) is 25.1 Å². The van der Waals surface area contributed by atoms with E-state index in [1.165, 1.54) is 7.11 Å². The number of carbonyl (C=O) groups is 2. The van der Waals surface area contributed by atoms with Crippen molar-refractivity contribution in [1.82, 2.24) is 5.32 Å². The van der Waals surface area contributed by atoms with Gasteiger partial charge >= 0.3 is 5.97 Å². The van der Waals surface area contributed by atoms with Crippen molar-refractivity contribution in [3.8, 4) is 11.5 Å². The molecule has 6 heteroatoms. The number of ether oxygens (including phenoxy) is 2. The summed E-state index contributed by atoms with van der Waals surface area (Å²) in [5, 5.41) is 13.4. The first-order valence-electron chi connectivity index (χ1n) is 8.76. The van der Waals surface area contributed by atoms with Crippen molar-refractivity contribution in [3.63, 3.8) is 0 Å². The zero-order chi connectivity index (χ0) is 18.8. The fourth-order valence-electron chi connectivity index (χ4n) is 3.68. The molecule has 3 rings (SSSR count). The highest BCUT2D eigenvalue weighted by atomic mass is 16.5. The first-order chi connectivity index (χ1) is 12.5. The van der Waals surface area contributed by atoms with E-state index in [1.807, 2.05) is 6.92 Å². The maximum absolute atomic E-state index is 12.7. The Morgan fingerprint density at radius 1 is 1.35 bits per heavy atom. The van der Waals surface area contributed by atoms with E-state index in [-0.39, 0.29) is 18.1 Å². The number of allylic oxidation sites excluding steroid dienone is 3. The highest BCUT2D eigenvalue weighted by Crippen LogP contribution is 2.44. The Labute approximate surface area is 152 Å². The highest BCUT2D eigenvalue weighted by Gasteiger charge is 2.39. The fourth-order valence-corrected chi connectivity index (χ4v) is 3.68. The predicted molar refractivity (Wildman–Crippen MR) is 95.8 cm³/mol. The zero-order valence-corrected chi connectivity index (χ0v) is 15.2. The van der Waals surface area contributed by atoms with Gasteiger partial charge in [-0.25, -0.2) is 4.79 Å². The van der Waals surface area contributed by atoms with Crippen molar-refractivity contribution in [2.45, 2.75) is 39.0 Å². The van der Waals surface area contributed by atoms with Crippen LogP contribution in [-0.2, 0) is 14.3 Å². The molecule has 0 amide bonds. The summed E-state index contributed by atoms with van der Waals surface area (Å²) in [6, 6.07) is 4.96. The van der Waals surface area contributed by atoms with Gasteiger partial charge in [0.2, 0.25) is 0 Å². The van der Waals surface area contributed by atoms with Crippen LogP contribution in [0.4, 0.5) is 0 Å². The van der Waals surface area contributed by atoms with Crippen molar-refractivity contribution in [1.29, 1.82) is 0 Å². The minimum Gasteiger partial charge on any atom is -0.504 e. The number of aromatic hydroxyl groups is 1. The topological polar surface area (TPSA) is 84.9 Å². The maximum atomic E-state index is 12.7. The number of phenols is 1. The van der Waals surface area contributed by atoms with E-state index in [9.17, 15) is 14.7 Å². The molecule has 0 spiro atoms. The van der Waals surface area contributed by atoms with Gasteiger partial charge in [0.1, 0.15) is 0 Å². The van der Waals surface area contributed by atoms with Gasteiger partial charge in [0.05, 0.1) is 19.3 Å². The van der Waals surface area contributed by atoms with Crippen LogP contribution in [0.2, 0.25) is 0 Å². The Kier molecular flexibility index (Phi) is 5.02. The number of benzene rings is 1. The second-order valence-electron chi connectivity index (χ2n) is 6.42. The predicted octanol–water partition coefficient (Wildman–Crippen LogP) is 2.93. The molecule has 1 aliphatic carbocycles. The number of hydrogen-bond acceptors (Lipinski definition) is 6. The number of rotatable bonds is 4. The Morgan fingerprint density at radius 2 is 2.12 bits per heavy atom. The van der Waals surface area contributed by atoms with E-state index in [0.717, 1.165) is 18.5 Å². The van der Waals surface area contributed by atoms with Crippen LogP contribution in [0.3, 0.4) is 0 Å². The third-order valence-electron chi connectivity index (χ3n) is 4.81. The van der Waals surface area contributed by atoms with Gasteiger partial charge in [0, 0.05) is 29.3 Å². The molecule has 2 aliphatic rings. The van der Waals surface area contributed by atoms with Crippen molar-refractivity contribution < 1.29 is 24.2 Å². The molecule has 0 saturated heterocycles. The fraction of sp³-hybridized carbons (Fsp3) is 0.400. The van der Waals surface area contributed by atoms with Gasteiger partial charge in [0.15, 0.2) is 17.3 Å². The van der Waals surface area contributed by atoms with Crippen molar-refractivity contribution in [2.75, 3.05) is 13.7 Å². The summed E-state index contributed by atoms with van der Waals surface area (Å²) in [6.45, 7) is 3.80. The van der Waals surface area contributed by atoms with Crippen LogP contribution in [0.15, 0.2) is 40.7 Å². The van der Waals surface area contributed by atoms with Crippen LogP contribution in [0.25, 0.3) is 0 Å². The van der Waals surface area contributed by atoms with Crippen molar-refractivity contribution in [2.24, 2.45) is 0 Å². The summed E-state index contributed by atoms with van der Waals surface area (Å²) >= 11 is 0. The molecule has 0 unspecified atom stereocenters. The number of phenolic OH excluding ortho intramolecular Hbond substituents is 1. The van der Waals surface area contributed by atoms with Gasteiger partial charge in [-0.15, -0.1) is 0 Å². The molecule has 26 heavy (non-hydrogen) atoms. The van der Waals surface area contributed by atoms with Crippen LogP contribution < -0.4 is 10.1 Å². The third kappa shape index (κ3) is 3.07. The summed E-state index contributed by atoms with van der Waals surface area (Å²) in [6.07, 6.45) is 1.99. The summed E-state index contributed by atoms with van der Waals surface area (Å²) in [4.78, 5) is 25.3. The second-order valence-corrected chi connectivity index (χ2v) is 6.42. The average Bonchev–Trinajstić information content (AvgIpc) is 2.60. The SMILES string of the molecule is CCOC(=O)C1=C(C)NC2=C(C(=O)CCC2)[C@@H]1c1ccc(OC)c(O)c1. The summed E-state index contributed by atoms with van der Waals surface area (Å²) < 4.78 is 10.3. The Balaban J connectivity index is 2.17. The molecule has 1 aromatic carbocycles. The van der Waals surface area contributed by atoms with E-state index in [2.05, 4.69) is 5.32 Å². The number of dihydropyridines is 1. The molecule has 6 nitrogen and oxygen atoms in total. The number of ketones is 1. The molecule has 138 valence electrons. The van der Waals surface area contributed by atoms with E-state index < -0.39 is 11.9 Å². The maximum Gasteiger partial charge on any atom is 0.336 e. The number of hydrogen-bond donors (Lipinski definition) is 2. The Bertz CT molecular complexity index is 821. The van der Waals surface area contributed by atoms with Crippen molar-refractivity contribution in [3.05, 3.63) is 46.3 Å². The normalized spacial score (nSPS) is 19.8. The third-order valence-corrected chi connectivity index (χ3v) is 4.81. The molecule has 1 heterocycles. The molecular formula is C20H23NO5. The summed E-state index contributed by atoms with van der Waals surface area (Å²) in [5.74, 6) is -0.689. The minimum atomic E-state index is -0.560. The quantitative estimate of drug-likeness (QED) is 0.806. The lowest BCUT2D eigenvalue weighted by Crippen LogP contribution is -2.34. The monoisotopic (exact) mass is 357 g/mol. The number of carbonyl (C=O) groups excluding carboxylic acids is 2. The molecule has 0 radical (unpaired) electrons. The second kappa shape index (κ2) is 7.23. The summed E-state index contributed by atoms with van der Waals surface area (Å²) in [7, 11) is 1.47. The van der Waals surface area contributed by atoms with Crippen LogP contribution >= 0.6 is 0 Å². The summed E-state index contributed by atoms with van der Waals surface area (Å²) in [5.41, 5.74) is 3.19. The van der Waals surface area contributed by atoms with Crippen LogP contribution in [0.5, 0.6) is 11.5 Å². The van der Waals surface area contributed by atoms with E-state index in [0.29, 0.717) is 34.6 Å². The average molecular weight is 357 g/mol. The van der Waals surface area contributed by atoms with E-state index >= 15 is 0 Å². The first kappa shape index (κ1) is 18.0. The molecule has 2 N–H and O–H groups in total. The Hall–Kier alpha value is -2.76. The molecule has 1 aromatic rings. The molecule has 0 aromatic heterocycles. The lowest BCUT2D eigenvalue weighted by molar-refractivity contribution is -0.138. The molecule has 0 fully saturated rings. The van der Waals surface area contributed by atoms with Crippen LogP contribution in [0, 0.1) is 0 Å².